The first-order valence-electron chi connectivity index (χ1n) is 6.50. The number of carbonyl (C=O) groups is 2. The van der Waals surface area contributed by atoms with E-state index >= 15 is 0 Å². The van der Waals surface area contributed by atoms with E-state index in [1.165, 1.54) is 0 Å². The maximum Gasteiger partial charge on any atom is 0.321 e. The molecule has 6 nitrogen and oxygen atoms in total. The quantitative estimate of drug-likeness (QED) is 0.749. The van der Waals surface area contributed by atoms with Gasteiger partial charge in [0, 0.05) is 18.6 Å². The van der Waals surface area contributed by atoms with Gasteiger partial charge >= 0.3 is 6.03 Å². The zero-order valence-corrected chi connectivity index (χ0v) is 10.9. The lowest BCUT2D eigenvalue weighted by atomic mass is 10.2. The first-order valence-corrected chi connectivity index (χ1v) is 6.50. The standard InChI is InChI=1S/C12H21N3O3/c1-8-7-18-9(2)5-15(8)6-11(16)14-12(17)13-10-3-4-10/h8-10H,3-7H2,1-2H3,(H2,13,14,16,17). The number of hydrogen-bond acceptors (Lipinski definition) is 4. The van der Waals surface area contributed by atoms with Crippen LogP contribution >= 0.6 is 0 Å². The summed E-state index contributed by atoms with van der Waals surface area (Å²) in [6.45, 7) is 5.59. The summed E-state index contributed by atoms with van der Waals surface area (Å²) in [5.41, 5.74) is 0. The van der Waals surface area contributed by atoms with E-state index < -0.39 is 0 Å². The fourth-order valence-electron chi connectivity index (χ4n) is 1.99. The molecule has 0 spiro atoms. The highest BCUT2D eigenvalue weighted by atomic mass is 16.5. The molecule has 1 saturated carbocycles. The molecule has 2 unspecified atom stereocenters. The third kappa shape index (κ3) is 3.96. The zero-order valence-electron chi connectivity index (χ0n) is 10.9. The van der Waals surface area contributed by atoms with E-state index in [0.717, 1.165) is 19.4 Å². The van der Waals surface area contributed by atoms with Crippen LogP contribution < -0.4 is 10.6 Å². The van der Waals surface area contributed by atoms with E-state index in [9.17, 15) is 9.59 Å². The summed E-state index contributed by atoms with van der Waals surface area (Å²) in [5.74, 6) is -0.255. The highest BCUT2D eigenvalue weighted by Gasteiger charge is 2.27. The number of amides is 3. The monoisotopic (exact) mass is 255 g/mol. The molecule has 1 heterocycles. The van der Waals surface area contributed by atoms with Gasteiger partial charge in [-0.2, -0.15) is 0 Å². The third-order valence-electron chi connectivity index (χ3n) is 3.25. The Morgan fingerprint density at radius 1 is 1.33 bits per heavy atom. The predicted octanol–water partition coefficient (Wildman–Crippen LogP) is 0.0838. The Morgan fingerprint density at radius 2 is 2.06 bits per heavy atom. The molecule has 6 heteroatoms. The second-order valence-corrected chi connectivity index (χ2v) is 5.22. The Kier molecular flexibility index (Phi) is 4.19. The Morgan fingerprint density at radius 3 is 2.72 bits per heavy atom. The zero-order chi connectivity index (χ0) is 13.1. The van der Waals surface area contributed by atoms with Crippen molar-refractivity contribution in [1.29, 1.82) is 0 Å². The lowest BCUT2D eigenvalue weighted by Gasteiger charge is -2.36. The lowest BCUT2D eigenvalue weighted by molar-refractivity contribution is -0.124. The van der Waals surface area contributed by atoms with Crippen molar-refractivity contribution in [3.05, 3.63) is 0 Å². The van der Waals surface area contributed by atoms with Crippen molar-refractivity contribution in [2.75, 3.05) is 19.7 Å². The van der Waals surface area contributed by atoms with Gasteiger partial charge in [0.25, 0.3) is 0 Å². The van der Waals surface area contributed by atoms with Crippen LogP contribution in [0.15, 0.2) is 0 Å². The lowest BCUT2D eigenvalue weighted by Crippen LogP contribution is -2.52. The molecule has 18 heavy (non-hydrogen) atoms. The first kappa shape index (κ1) is 13.3. The van der Waals surface area contributed by atoms with Crippen molar-refractivity contribution in [3.63, 3.8) is 0 Å². The van der Waals surface area contributed by atoms with Gasteiger partial charge in [0.2, 0.25) is 5.91 Å². The number of ether oxygens (including phenoxy) is 1. The van der Waals surface area contributed by atoms with Crippen molar-refractivity contribution in [1.82, 2.24) is 15.5 Å². The van der Waals surface area contributed by atoms with Crippen LogP contribution in [-0.4, -0.2) is 54.7 Å². The van der Waals surface area contributed by atoms with Crippen molar-refractivity contribution in [3.8, 4) is 0 Å². The molecular formula is C12H21N3O3. The summed E-state index contributed by atoms with van der Waals surface area (Å²) in [6.07, 6.45) is 2.16. The van der Waals surface area contributed by atoms with E-state index in [1.807, 2.05) is 18.7 Å². The van der Waals surface area contributed by atoms with Crippen LogP contribution in [0, 0.1) is 0 Å². The molecule has 2 atom stereocenters. The minimum Gasteiger partial charge on any atom is -0.376 e. The van der Waals surface area contributed by atoms with Crippen LogP contribution in [0.4, 0.5) is 4.79 Å². The Bertz CT molecular complexity index is 331. The summed E-state index contributed by atoms with van der Waals surface area (Å²) in [5, 5.41) is 5.09. The summed E-state index contributed by atoms with van der Waals surface area (Å²) in [7, 11) is 0. The van der Waals surface area contributed by atoms with Gasteiger partial charge < -0.3 is 10.1 Å². The van der Waals surface area contributed by atoms with Crippen LogP contribution in [0.3, 0.4) is 0 Å². The molecule has 2 N–H and O–H groups in total. The molecule has 2 rings (SSSR count). The number of rotatable bonds is 3. The van der Waals surface area contributed by atoms with Gasteiger partial charge in [0.05, 0.1) is 19.3 Å². The minimum absolute atomic E-state index is 0.134. The molecule has 0 aromatic rings. The number of nitrogens with one attached hydrogen (secondary N) is 2. The van der Waals surface area contributed by atoms with E-state index in [4.69, 9.17) is 4.74 Å². The molecule has 0 bridgehead atoms. The molecule has 1 saturated heterocycles. The number of nitrogens with zero attached hydrogens (tertiary/aromatic N) is 1. The molecule has 3 amide bonds. The van der Waals surface area contributed by atoms with Gasteiger partial charge in [-0.1, -0.05) is 0 Å². The van der Waals surface area contributed by atoms with Crippen LogP contribution in [0.5, 0.6) is 0 Å². The molecule has 0 aromatic carbocycles. The summed E-state index contributed by atoms with van der Waals surface area (Å²) >= 11 is 0. The highest BCUT2D eigenvalue weighted by molar-refractivity contribution is 5.95. The second-order valence-electron chi connectivity index (χ2n) is 5.22. The average molecular weight is 255 g/mol. The maximum absolute atomic E-state index is 11.7. The second kappa shape index (κ2) is 5.67. The van der Waals surface area contributed by atoms with E-state index in [2.05, 4.69) is 10.6 Å². The van der Waals surface area contributed by atoms with E-state index in [0.29, 0.717) is 6.61 Å². The predicted molar refractivity (Wildman–Crippen MR) is 66.1 cm³/mol. The maximum atomic E-state index is 11.7. The van der Waals surface area contributed by atoms with E-state index in [1.54, 1.807) is 0 Å². The Labute approximate surface area is 107 Å². The minimum atomic E-state index is -0.378. The largest absolute Gasteiger partial charge is 0.376 e. The van der Waals surface area contributed by atoms with Crippen LogP contribution in [-0.2, 0) is 9.53 Å². The molecule has 2 fully saturated rings. The van der Waals surface area contributed by atoms with Gasteiger partial charge in [-0.05, 0) is 26.7 Å². The number of imide groups is 1. The highest BCUT2D eigenvalue weighted by Crippen LogP contribution is 2.18. The number of carbonyl (C=O) groups excluding carboxylic acids is 2. The fraction of sp³-hybridized carbons (Fsp3) is 0.833. The molecular weight excluding hydrogens is 234 g/mol. The van der Waals surface area contributed by atoms with Crippen LogP contribution in [0.1, 0.15) is 26.7 Å². The van der Waals surface area contributed by atoms with Gasteiger partial charge in [-0.3, -0.25) is 15.0 Å². The topological polar surface area (TPSA) is 70.7 Å². The smallest absolute Gasteiger partial charge is 0.321 e. The molecule has 102 valence electrons. The number of urea groups is 1. The van der Waals surface area contributed by atoms with Crippen LogP contribution in [0.2, 0.25) is 0 Å². The molecule has 2 aliphatic rings. The fourth-order valence-corrected chi connectivity index (χ4v) is 1.99. The average Bonchev–Trinajstić information content (AvgIpc) is 3.07. The van der Waals surface area contributed by atoms with Gasteiger partial charge in [-0.25, -0.2) is 4.79 Å². The third-order valence-corrected chi connectivity index (χ3v) is 3.25. The molecule has 0 aromatic heterocycles. The summed E-state index contributed by atoms with van der Waals surface area (Å²) in [6, 6.07) is 0.0926. The SMILES string of the molecule is CC1CN(CC(=O)NC(=O)NC2CC2)C(C)CO1. The van der Waals surface area contributed by atoms with E-state index in [-0.39, 0.29) is 36.7 Å². The van der Waals surface area contributed by atoms with Crippen molar-refractivity contribution in [2.24, 2.45) is 0 Å². The summed E-state index contributed by atoms with van der Waals surface area (Å²) in [4.78, 5) is 25.2. The first-order chi connectivity index (χ1) is 8.54. The van der Waals surface area contributed by atoms with Gasteiger partial charge in [-0.15, -0.1) is 0 Å². The molecule has 1 aliphatic heterocycles. The summed E-state index contributed by atoms with van der Waals surface area (Å²) < 4.78 is 5.49. The van der Waals surface area contributed by atoms with Gasteiger partial charge in [0.15, 0.2) is 0 Å². The van der Waals surface area contributed by atoms with Crippen LogP contribution in [0.25, 0.3) is 0 Å². The van der Waals surface area contributed by atoms with Crippen molar-refractivity contribution < 1.29 is 14.3 Å². The number of morpholine rings is 1. The van der Waals surface area contributed by atoms with Crippen molar-refractivity contribution >= 4 is 11.9 Å². The Hall–Kier alpha value is -1.14. The van der Waals surface area contributed by atoms with Gasteiger partial charge in [0.1, 0.15) is 0 Å². The van der Waals surface area contributed by atoms with Crippen molar-refractivity contribution in [2.45, 2.75) is 44.9 Å². The molecule has 1 aliphatic carbocycles. The number of hydrogen-bond donors (Lipinski definition) is 2. The normalized spacial score (nSPS) is 28.8. The Balaban J connectivity index is 1.73. The molecule has 0 radical (unpaired) electrons.